The van der Waals surface area contributed by atoms with Crippen molar-refractivity contribution in [2.45, 2.75) is 38.6 Å². The van der Waals surface area contributed by atoms with Crippen LogP contribution in [0.1, 0.15) is 33.1 Å². The van der Waals surface area contributed by atoms with Crippen molar-refractivity contribution in [2.24, 2.45) is 4.99 Å². The quantitative estimate of drug-likeness (QED) is 0.898. The molecule has 0 bridgehead atoms. The summed E-state index contributed by atoms with van der Waals surface area (Å²) in [6.07, 6.45) is 11.3. The number of benzene rings is 1. The van der Waals surface area contributed by atoms with Crippen LogP contribution in [0.4, 0.5) is 5.69 Å². The smallest absolute Gasteiger partial charge is 0.155 e. The van der Waals surface area contributed by atoms with E-state index in [0.29, 0.717) is 0 Å². The fourth-order valence-electron chi connectivity index (χ4n) is 3.31. The summed E-state index contributed by atoms with van der Waals surface area (Å²) in [5.41, 5.74) is 2.63. The highest BCUT2D eigenvalue weighted by atomic mass is 15.4. The molecule has 23 heavy (non-hydrogen) atoms. The van der Waals surface area contributed by atoms with Crippen LogP contribution < -0.4 is 10.2 Å². The van der Waals surface area contributed by atoms with Gasteiger partial charge >= 0.3 is 0 Å². The lowest BCUT2D eigenvalue weighted by molar-refractivity contribution is 0.283. The molecule has 1 atom stereocenters. The third kappa shape index (κ3) is 2.34. The summed E-state index contributed by atoms with van der Waals surface area (Å²) in [6, 6.07) is 10.5. The minimum absolute atomic E-state index is 0.138. The van der Waals surface area contributed by atoms with E-state index in [2.05, 4.69) is 76.7 Å². The summed E-state index contributed by atoms with van der Waals surface area (Å²) >= 11 is 0. The molecule has 1 aromatic rings. The van der Waals surface area contributed by atoms with E-state index in [1.165, 1.54) is 11.4 Å². The molecule has 1 aromatic carbocycles. The Morgan fingerprint density at radius 2 is 2.04 bits per heavy atom. The maximum Gasteiger partial charge on any atom is 0.155 e. The fraction of sp³-hybridized carbons (Fsp3) is 0.316. The van der Waals surface area contributed by atoms with Gasteiger partial charge in [0.1, 0.15) is 5.82 Å². The monoisotopic (exact) mass is 306 g/mol. The highest BCUT2D eigenvalue weighted by molar-refractivity contribution is 5.74. The summed E-state index contributed by atoms with van der Waals surface area (Å²) in [7, 11) is 0. The van der Waals surface area contributed by atoms with Crippen molar-refractivity contribution >= 4 is 11.9 Å². The van der Waals surface area contributed by atoms with Crippen molar-refractivity contribution in [3.8, 4) is 0 Å². The van der Waals surface area contributed by atoms with Crippen LogP contribution in [0.15, 0.2) is 71.1 Å². The maximum absolute atomic E-state index is 4.55. The second-order valence-corrected chi connectivity index (χ2v) is 6.52. The SMILES string of the molecule is CCC1(C)CCC2=C(N1)N1C=CC=NC1=CN2c1ccccc1. The van der Waals surface area contributed by atoms with E-state index in [-0.39, 0.29) is 5.54 Å². The number of hydrogen-bond acceptors (Lipinski definition) is 4. The molecule has 0 spiro atoms. The Balaban J connectivity index is 1.81. The summed E-state index contributed by atoms with van der Waals surface area (Å²) < 4.78 is 0. The number of hydrogen-bond donors (Lipinski definition) is 1. The van der Waals surface area contributed by atoms with Crippen LogP contribution in [0.5, 0.6) is 0 Å². The second-order valence-electron chi connectivity index (χ2n) is 6.52. The van der Waals surface area contributed by atoms with Gasteiger partial charge in [-0.3, -0.25) is 4.90 Å². The van der Waals surface area contributed by atoms with Crippen molar-refractivity contribution in [3.63, 3.8) is 0 Å². The summed E-state index contributed by atoms with van der Waals surface area (Å²) in [5, 5.41) is 3.78. The Hall–Kier alpha value is -2.49. The van der Waals surface area contributed by atoms with Crippen LogP contribution in [0.2, 0.25) is 0 Å². The zero-order valence-electron chi connectivity index (χ0n) is 13.7. The molecule has 0 saturated heterocycles. The second kappa shape index (κ2) is 5.30. The molecule has 3 aliphatic rings. The molecule has 0 amide bonds. The van der Waals surface area contributed by atoms with Crippen molar-refractivity contribution in [1.29, 1.82) is 0 Å². The number of nitrogens with zero attached hydrogens (tertiary/aromatic N) is 3. The zero-order chi connectivity index (χ0) is 15.9. The van der Waals surface area contributed by atoms with Gasteiger partial charge in [-0.15, -0.1) is 0 Å². The van der Waals surface area contributed by atoms with Crippen molar-refractivity contribution < 1.29 is 0 Å². The molecule has 0 saturated carbocycles. The van der Waals surface area contributed by atoms with Crippen LogP contribution in [-0.2, 0) is 0 Å². The Morgan fingerprint density at radius 3 is 2.83 bits per heavy atom. The van der Waals surface area contributed by atoms with Gasteiger partial charge in [0.2, 0.25) is 0 Å². The highest BCUT2D eigenvalue weighted by Crippen LogP contribution is 2.39. The molecule has 4 heteroatoms. The molecule has 4 rings (SSSR count). The maximum atomic E-state index is 4.55. The van der Waals surface area contributed by atoms with Crippen molar-refractivity contribution in [3.05, 3.63) is 66.1 Å². The van der Waals surface area contributed by atoms with E-state index in [0.717, 1.165) is 30.9 Å². The van der Waals surface area contributed by atoms with Crippen LogP contribution in [0.3, 0.4) is 0 Å². The number of para-hydroxylation sites is 1. The van der Waals surface area contributed by atoms with Gasteiger partial charge in [-0.25, -0.2) is 4.99 Å². The van der Waals surface area contributed by atoms with Gasteiger partial charge < -0.3 is 10.2 Å². The molecule has 0 aromatic heterocycles. The fourth-order valence-corrected chi connectivity index (χ4v) is 3.31. The Labute approximate surface area is 137 Å². The van der Waals surface area contributed by atoms with Crippen molar-refractivity contribution in [1.82, 2.24) is 10.2 Å². The largest absolute Gasteiger partial charge is 0.365 e. The highest BCUT2D eigenvalue weighted by Gasteiger charge is 2.36. The van der Waals surface area contributed by atoms with Crippen LogP contribution in [0, 0.1) is 0 Å². The predicted molar refractivity (Wildman–Crippen MR) is 94.6 cm³/mol. The van der Waals surface area contributed by atoms with Crippen LogP contribution >= 0.6 is 0 Å². The normalized spacial score (nSPS) is 25.7. The van der Waals surface area contributed by atoms with E-state index < -0.39 is 0 Å². The average Bonchev–Trinajstić information content (AvgIpc) is 2.62. The minimum Gasteiger partial charge on any atom is -0.365 e. The summed E-state index contributed by atoms with van der Waals surface area (Å²) in [5.74, 6) is 2.11. The lowest BCUT2D eigenvalue weighted by Crippen LogP contribution is -2.51. The minimum atomic E-state index is 0.138. The van der Waals surface area contributed by atoms with Gasteiger partial charge in [0, 0.05) is 23.6 Å². The van der Waals surface area contributed by atoms with Gasteiger partial charge in [0.25, 0.3) is 0 Å². The molecule has 118 valence electrons. The molecule has 3 heterocycles. The van der Waals surface area contributed by atoms with Crippen molar-refractivity contribution in [2.75, 3.05) is 4.90 Å². The van der Waals surface area contributed by atoms with Gasteiger partial charge in [-0.05, 0) is 44.4 Å². The van der Waals surface area contributed by atoms with E-state index in [4.69, 9.17) is 0 Å². The molecular weight excluding hydrogens is 284 g/mol. The van der Waals surface area contributed by atoms with E-state index in [1.807, 2.05) is 12.3 Å². The number of nitrogens with one attached hydrogen (secondary N) is 1. The first kappa shape index (κ1) is 14.1. The molecule has 0 aliphatic carbocycles. The lowest BCUT2D eigenvalue weighted by Gasteiger charge is -2.46. The molecule has 4 nitrogen and oxygen atoms in total. The molecule has 0 radical (unpaired) electrons. The first-order chi connectivity index (χ1) is 11.2. The average molecular weight is 306 g/mol. The van der Waals surface area contributed by atoms with E-state index in [1.54, 1.807) is 0 Å². The van der Waals surface area contributed by atoms with E-state index in [9.17, 15) is 0 Å². The molecular formula is C19H22N4. The third-order valence-electron chi connectivity index (χ3n) is 4.97. The summed E-state index contributed by atoms with van der Waals surface area (Å²) in [4.78, 5) is 9.00. The Bertz CT molecular complexity index is 729. The molecule has 1 N–H and O–H groups in total. The number of anilines is 1. The Kier molecular flexibility index (Phi) is 3.26. The van der Waals surface area contributed by atoms with Crippen LogP contribution in [0.25, 0.3) is 0 Å². The number of rotatable bonds is 2. The van der Waals surface area contributed by atoms with Crippen LogP contribution in [-0.4, -0.2) is 16.7 Å². The topological polar surface area (TPSA) is 30.9 Å². The number of aliphatic imine (C=N–C) groups is 1. The number of allylic oxidation sites excluding steroid dienone is 2. The third-order valence-corrected chi connectivity index (χ3v) is 4.97. The summed E-state index contributed by atoms with van der Waals surface area (Å²) in [6.45, 7) is 4.55. The first-order valence-electron chi connectivity index (χ1n) is 8.28. The predicted octanol–water partition coefficient (Wildman–Crippen LogP) is 3.93. The van der Waals surface area contributed by atoms with Gasteiger partial charge in [0.15, 0.2) is 5.82 Å². The zero-order valence-corrected chi connectivity index (χ0v) is 13.7. The number of fused-ring (bicyclic) bond motifs is 2. The lowest BCUT2D eigenvalue weighted by atomic mass is 9.88. The standard InChI is InChI=1S/C19H22N4/c1-3-19(2)11-10-16-18(21-19)22-13-7-12-20-17(22)14-23(16)15-8-5-4-6-9-15/h4-9,12-14,21H,3,10-11H2,1-2H3. The molecule has 3 aliphatic heterocycles. The first-order valence-corrected chi connectivity index (χ1v) is 8.28. The van der Waals surface area contributed by atoms with Gasteiger partial charge in [-0.1, -0.05) is 25.1 Å². The molecule has 0 fully saturated rings. The molecule has 1 unspecified atom stereocenters. The van der Waals surface area contributed by atoms with Gasteiger partial charge in [-0.2, -0.15) is 0 Å². The van der Waals surface area contributed by atoms with Gasteiger partial charge in [0.05, 0.1) is 11.9 Å². The Morgan fingerprint density at radius 1 is 1.22 bits per heavy atom. The van der Waals surface area contributed by atoms with E-state index >= 15 is 0 Å².